The molecule has 0 amide bonds. The highest BCUT2D eigenvalue weighted by Gasteiger charge is 2.33. The zero-order chi connectivity index (χ0) is 24.1. The van der Waals surface area contributed by atoms with Crippen molar-refractivity contribution < 1.29 is 28.5 Å². The number of hydrogen-bond acceptors (Lipinski definition) is 8. The number of benzene rings is 1. The second kappa shape index (κ2) is 10.6. The van der Waals surface area contributed by atoms with Crippen LogP contribution in [0.1, 0.15) is 40.5 Å². The van der Waals surface area contributed by atoms with E-state index in [4.69, 9.17) is 30.5 Å². The molecule has 1 heterocycles. The van der Waals surface area contributed by atoms with Crippen LogP contribution in [0.3, 0.4) is 0 Å². The van der Waals surface area contributed by atoms with Gasteiger partial charge in [-0.15, -0.1) is 0 Å². The van der Waals surface area contributed by atoms with Crippen molar-refractivity contribution in [3.63, 3.8) is 0 Å². The third kappa shape index (κ3) is 6.56. The predicted octanol–water partition coefficient (Wildman–Crippen LogP) is 4.53. The van der Waals surface area contributed by atoms with Crippen LogP contribution in [0.25, 0.3) is 11.0 Å². The second-order valence-corrected chi connectivity index (χ2v) is 8.52. The maximum absolute atomic E-state index is 12.5. The summed E-state index contributed by atoms with van der Waals surface area (Å²) in [4.78, 5) is 33.7. The van der Waals surface area contributed by atoms with E-state index >= 15 is 0 Å². The van der Waals surface area contributed by atoms with E-state index in [1.807, 2.05) is 6.92 Å². The number of halogens is 1. The summed E-state index contributed by atoms with van der Waals surface area (Å²) in [6.07, 6.45) is 0.103. The number of methoxy groups -OCH3 is 2. The minimum Gasteiger partial charge on any atom is -0.497 e. The minimum absolute atomic E-state index is 0.00532. The van der Waals surface area contributed by atoms with Gasteiger partial charge in [-0.25, -0.2) is 14.8 Å². The van der Waals surface area contributed by atoms with E-state index in [2.05, 4.69) is 16.5 Å². The Morgan fingerprint density at radius 2 is 1.84 bits per heavy atom. The molecule has 32 heavy (non-hydrogen) atoms. The zero-order valence-corrected chi connectivity index (χ0v) is 20.0. The molecular weight excluding hydrogens is 436 g/mol. The van der Waals surface area contributed by atoms with E-state index in [1.165, 1.54) is 7.11 Å². The van der Waals surface area contributed by atoms with Crippen LogP contribution in [0.4, 0.5) is 0 Å². The van der Waals surface area contributed by atoms with E-state index in [0.29, 0.717) is 23.2 Å². The smallest absolute Gasteiger partial charge is 0.334 e. The van der Waals surface area contributed by atoms with Crippen LogP contribution in [-0.4, -0.2) is 47.8 Å². The minimum atomic E-state index is -0.952. The highest BCUT2D eigenvalue weighted by atomic mass is 35.5. The highest BCUT2D eigenvalue weighted by molar-refractivity contribution is 6.31. The van der Waals surface area contributed by atoms with Crippen LogP contribution in [0.15, 0.2) is 30.4 Å². The molecule has 174 valence electrons. The number of aromatic nitrogens is 2. The molecule has 0 aliphatic carbocycles. The van der Waals surface area contributed by atoms with Crippen molar-refractivity contribution in [1.82, 2.24) is 9.97 Å². The van der Waals surface area contributed by atoms with Crippen molar-refractivity contribution in [2.24, 2.45) is 5.92 Å². The van der Waals surface area contributed by atoms with Gasteiger partial charge in [0.15, 0.2) is 5.15 Å². The van der Waals surface area contributed by atoms with Crippen molar-refractivity contribution in [3.05, 3.63) is 35.5 Å². The van der Waals surface area contributed by atoms with Gasteiger partial charge in [0.25, 0.3) is 5.88 Å². The Balaban J connectivity index is 2.27. The van der Waals surface area contributed by atoms with Gasteiger partial charge in [0.05, 0.1) is 31.2 Å². The molecule has 0 saturated carbocycles. The summed E-state index contributed by atoms with van der Waals surface area (Å²) in [5, 5.41) is 0.0849. The van der Waals surface area contributed by atoms with Gasteiger partial charge in [0.2, 0.25) is 0 Å². The van der Waals surface area contributed by atoms with Crippen molar-refractivity contribution >= 4 is 34.6 Å². The Hall–Kier alpha value is -2.87. The first kappa shape index (κ1) is 25.4. The summed E-state index contributed by atoms with van der Waals surface area (Å²) >= 11 is 6.28. The van der Waals surface area contributed by atoms with Crippen molar-refractivity contribution in [2.75, 3.05) is 14.2 Å². The Bertz CT molecular complexity index is 1000. The molecule has 0 aliphatic heterocycles. The number of carbonyl (C=O) groups is 2. The van der Waals surface area contributed by atoms with Crippen LogP contribution < -0.4 is 9.47 Å². The van der Waals surface area contributed by atoms with Gasteiger partial charge in [0.1, 0.15) is 17.5 Å². The van der Waals surface area contributed by atoms with Crippen LogP contribution in [0, 0.1) is 5.92 Å². The summed E-state index contributed by atoms with van der Waals surface area (Å²) in [5.74, 6) is -1.49. The molecule has 0 aliphatic rings. The average Bonchev–Trinajstić information content (AvgIpc) is 2.74. The van der Waals surface area contributed by atoms with E-state index in [9.17, 15) is 9.59 Å². The number of fused-ring (bicyclic) bond motifs is 1. The summed E-state index contributed by atoms with van der Waals surface area (Å²) in [7, 11) is 2.80. The Labute approximate surface area is 192 Å². The van der Waals surface area contributed by atoms with Crippen LogP contribution in [-0.2, 0) is 19.1 Å². The van der Waals surface area contributed by atoms with Crippen molar-refractivity contribution in [1.29, 1.82) is 0 Å². The molecular formula is C23H29ClN2O6. The number of esters is 2. The molecule has 0 fully saturated rings. The molecule has 0 N–H and O–H groups in total. The van der Waals surface area contributed by atoms with E-state index < -0.39 is 29.6 Å². The molecule has 0 bridgehead atoms. The first-order chi connectivity index (χ1) is 15.0. The summed E-state index contributed by atoms with van der Waals surface area (Å²) in [5.41, 5.74) is 0.397. The van der Waals surface area contributed by atoms with E-state index in [1.54, 1.807) is 46.1 Å². The first-order valence-electron chi connectivity index (χ1n) is 10.2. The number of carbonyl (C=O) groups excluding carboxylic acids is 2. The van der Waals surface area contributed by atoms with Gasteiger partial charge in [0, 0.05) is 18.1 Å². The molecule has 0 saturated heterocycles. The Morgan fingerprint density at radius 1 is 1.16 bits per heavy atom. The van der Waals surface area contributed by atoms with Crippen molar-refractivity contribution in [3.8, 4) is 11.6 Å². The lowest BCUT2D eigenvalue weighted by atomic mass is 9.92. The average molecular weight is 465 g/mol. The lowest BCUT2D eigenvalue weighted by Gasteiger charge is -2.25. The number of hydrogen-bond donors (Lipinski definition) is 0. The van der Waals surface area contributed by atoms with Crippen LogP contribution in [0.5, 0.6) is 11.6 Å². The standard InChI is InChI=1S/C23H29ClN2O6/c1-8-14(11-16(22(28)30-7)13(2)21(27)32-23(3,4)5)31-20-19(24)25-17-10-9-15(29-6)12-18(17)26-20/h9-10,12,14,16H,2,8,11H2,1,3-7H3/t14-,16+/m0/s1. The molecule has 2 rings (SSSR count). The topological polar surface area (TPSA) is 96.8 Å². The second-order valence-electron chi connectivity index (χ2n) is 8.16. The largest absolute Gasteiger partial charge is 0.497 e. The van der Waals surface area contributed by atoms with E-state index in [-0.39, 0.29) is 23.0 Å². The van der Waals surface area contributed by atoms with Crippen molar-refractivity contribution in [2.45, 2.75) is 52.2 Å². The van der Waals surface area contributed by atoms with Crippen LogP contribution >= 0.6 is 11.6 Å². The van der Waals surface area contributed by atoms with Gasteiger partial charge < -0.3 is 18.9 Å². The van der Waals surface area contributed by atoms with Gasteiger partial charge in [-0.1, -0.05) is 25.1 Å². The molecule has 9 heteroatoms. The van der Waals surface area contributed by atoms with Gasteiger partial charge in [-0.3, -0.25) is 4.79 Å². The van der Waals surface area contributed by atoms with E-state index in [0.717, 1.165) is 0 Å². The van der Waals surface area contributed by atoms with Gasteiger partial charge in [-0.2, -0.15) is 0 Å². The SMILES string of the molecule is C=C(C(=O)OC(C)(C)C)[C@@H](C[C@H](CC)Oc1nc2cc(OC)ccc2nc1Cl)C(=O)OC. The molecule has 8 nitrogen and oxygen atoms in total. The predicted molar refractivity (Wildman–Crippen MR) is 121 cm³/mol. The molecule has 0 radical (unpaired) electrons. The summed E-state index contributed by atoms with van der Waals surface area (Å²) in [6.45, 7) is 10.9. The fourth-order valence-corrected chi connectivity index (χ4v) is 3.10. The molecule has 0 unspecified atom stereocenters. The van der Waals surface area contributed by atoms with Crippen LogP contribution in [0.2, 0.25) is 5.15 Å². The maximum Gasteiger partial charge on any atom is 0.334 e. The molecule has 0 spiro atoms. The highest BCUT2D eigenvalue weighted by Crippen LogP contribution is 2.29. The first-order valence-corrected chi connectivity index (χ1v) is 10.5. The zero-order valence-electron chi connectivity index (χ0n) is 19.2. The summed E-state index contributed by atoms with van der Waals surface area (Å²) in [6, 6.07) is 5.21. The fourth-order valence-electron chi connectivity index (χ4n) is 2.93. The molecule has 2 atom stereocenters. The Morgan fingerprint density at radius 3 is 2.41 bits per heavy atom. The number of nitrogens with zero attached hydrogens (tertiary/aromatic N) is 2. The summed E-state index contributed by atoms with van der Waals surface area (Å²) < 4.78 is 21.4. The van der Waals surface area contributed by atoms with Gasteiger partial charge >= 0.3 is 11.9 Å². The molecule has 1 aromatic carbocycles. The number of ether oxygens (including phenoxy) is 4. The molecule has 2 aromatic rings. The maximum atomic E-state index is 12.5. The number of rotatable bonds is 9. The quantitative estimate of drug-likeness (QED) is 0.394. The molecule has 1 aromatic heterocycles. The monoisotopic (exact) mass is 464 g/mol. The lowest BCUT2D eigenvalue weighted by Crippen LogP contribution is -2.32. The normalized spacial score (nSPS) is 13.2. The third-order valence-electron chi connectivity index (χ3n) is 4.60. The fraction of sp³-hybridized carbons (Fsp3) is 0.478. The lowest BCUT2D eigenvalue weighted by molar-refractivity contribution is -0.154. The Kier molecular flexibility index (Phi) is 8.44. The van der Waals surface area contributed by atoms with Gasteiger partial charge in [-0.05, 0) is 39.3 Å². The third-order valence-corrected chi connectivity index (χ3v) is 4.85.